The number of nitrogens with zero attached hydrogens (tertiary/aromatic N) is 2. The fourth-order valence-electron chi connectivity index (χ4n) is 5.87. The van der Waals surface area contributed by atoms with Crippen molar-refractivity contribution in [2.45, 2.75) is 110 Å². The second-order valence-corrected chi connectivity index (χ2v) is 10.7. The van der Waals surface area contributed by atoms with Gasteiger partial charge in [-0.2, -0.15) is 0 Å². The molecule has 0 amide bonds. The van der Waals surface area contributed by atoms with Crippen LogP contribution in [0.1, 0.15) is 91.9 Å². The Morgan fingerprint density at radius 3 is 1.23 bits per heavy atom. The molecule has 2 saturated carbocycles. The molecule has 0 N–H and O–H groups in total. The molecule has 0 bridgehead atoms. The maximum atomic E-state index is 13.8. The number of hydrogen-bond acceptors (Lipinski definition) is 12. The van der Waals surface area contributed by atoms with Gasteiger partial charge in [-0.25, -0.2) is 29.2 Å². The Balaban J connectivity index is 2.02. The molecule has 4 aliphatic rings. The van der Waals surface area contributed by atoms with E-state index in [4.69, 9.17) is 38.4 Å². The number of esters is 4. The molecule has 12 nitrogen and oxygen atoms in total. The quantitative estimate of drug-likeness (QED) is 0.265. The molecule has 236 valence electrons. The molecule has 0 saturated heterocycles. The van der Waals surface area contributed by atoms with Gasteiger partial charge < -0.3 is 28.4 Å². The molecular weight excluding hydrogens is 560 g/mol. The zero-order valence-corrected chi connectivity index (χ0v) is 25.5. The predicted octanol–water partition coefficient (Wildman–Crippen LogP) is 4.05. The molecule has 0 aromatic rings. The summed E-state index contributed by atoms with van der Waals surface area (Å²) in [6.45, 7) is 6.30. The molecule has 2 fully saturated rings. The Kier molecular flexibility index (Phi) is 11.0. The van der Waals surface area contributed by atoms with Gasteiger partial charge in [0.25, 0.3) is 0 Å². The Bertz CT molecular complexity index is 1120. The summed E-state index contributed by atoms with van der Waals surface area (Å²) in [6, 6.07) is -0.411. The molecule has 0 aromatic carbocycles. The number of hydrogen-bond donors (Lipinski definition) is 0. The summed E-state index contributed by atoms with van der Waals surface area (Å²) >= 11 is 0. The van der Waals surface area contributed by atoms with Gasteiger partial charge in [-0.05, 0) is 53.4 Å². The summed E-state index contributed by atoms with van der Waals surface area (Å²) in [5.74, 6) is -6.69. The van der Waals surface area contributed by atoms with Crippen LogP contribution in [0.2, 0.25) is 0 Å². The highest BCUT2D eigenvalue weighted by Gasteiger charge is 2.66. The van der Waals surface area contributed by atoms with Crippen molar-refractivity contribution in [3.05, 3.63) is 22.3 Å². The van der Waals surface area contributed by atoms with E-state index in [-0.39, 0.29) is 61.5 Å². The smallest absolute Gasteiger partial charge is 0.344 e. The maximum Gasteiger partial charge on any atom is 0.344 e. The van der Waals surface area contributed by atoms with E-state index in [1.54, 1.807) is 27.7 Å². The van der Waals surface area contributed by atoms with Gasteiger partial charge in [-0.15, -0.1) is 0 Å². The summed E-state index contributed by atoms with van der Waals surface area (Å²) in [6.07, 6.45) is 8.84. The summed E-state index contributed by atoms with van der Waals surface area (Å²) in [7, 11) is 0. The predicted molar refractivity (Wildman–Crippen MR) is 154 cm³/mol. The van der Waals surface area contributed by atoms with Crippen LogP contribution in [-0.2, 0) is 47.6 Å². The average Bonchev–Trinajstić information content (AvgIpc) is 3.48. The van der Waals surface area contributed by atoms with Gasteiger partial charge >= 0.3 is 29.7 Å². The summed E-state index contributed by atoms with van der Waals surface area (Å²) < 4.78 is 34.1. The van der Waals surface area contributed by atoms with Gasteiger partial charge in [0, 0.05) is 0 Å². The van der Waals surface area contributed by atoms with Crippen molar-refractivity contribution in [2.24, 2.45) is 9.98 Å². The lowest BCUT2D eigenvalue weighted by Gasteiger charge is -2.27. The van der Waals surface area contributed by atoms with E-state index in [0.29, 0.717) is 0 Å². The number of aliphatic imine (C=N–C) groups is 2. The minimum atomic E-state index is -2.44. The largest absolute Gasteiger partial charge is 0.462 e. The zero-order chi connectivity index (χ0) is 31.0. The van der Waals surface area contributed by atoms with Crippen LogP contribution in [0.3, 0.4) is 0 Å². The van der Waals surface area contributed by atoms with Crippen molar-refractivity contribution in [1.29, 1.82) is 0 Å². The number of carbonyl (C=O) groups is 4. The highest BCUT2D eigenvalue weighted by atomic mass is 16.7. The van der Waals surface area contributed by atoms with Crippen molar-refractivity contribution in [3.63, 3.8) is 0 Å². The molecule has 4 rings (SSSR count). The molecule has 1 spiro atoms. The van der Waals surface area contributed by atoms with Crippen molar-refractivity contribution in [3.8, 4) is 0 Å². The summed E-state index contributed by atoms with van der Waals surface area (Å²) in [4.78, 5) is 64.0. The first-order valence-corrected chi connectivity index (χ1v) is 15.5. The van der Waals surface area contributed by atoms with Crippen LogP contribution >= 0.6 is 0 Å². The first-order valence-electron chi connectivity index (χ1n) is 15.5. The van der Waals surface area contributed by atoms with Gasteiger partial charge in [0.2, 0.25) is 11.8 Å². The molecule has 2 aliphatic heterocycles. The molecule has 0 atom stereocenters. The van der Waals surface area contributed by atoms with Crippen LogP contribution < -0.4 is 0 Å². The molecular formula is C31H42N2O10. The topological polar surface area (TPSA) is 148 Å². The lowest BCUT2D eigenvalue weighted by atomic mass is 9.92. The van der Waals surface area contributed by atoms with Crippen LogP contribution in [0.5, 0.6) is 0 Å². The average molecular weight is 603 g/mol. The lowest BCUT2D eigenvalue weighted by Crippen LogP contribution is -2.42. The SMILES string of the molecule is CCOC(=O)C1=C(C(=O)OCC)C2(OC1=NC1CCCCC1)OC(=NC1CCCCC1)C(C(=O)OCC)=C2C(=O)OCC. The minimum absolute atomic E-state index is 0.00790. The van der Waals surface area contributed by atoms with E-state index in [1.165, 1.54) is 0 Å². The first kappa shape index (κ1) is 32.2. The van der Waals surface area contributed by atoms with E-state index >= 15 is 0 Å². The van der Waals surface area contributed by atoms with Gasteiger partial charge in [-0.1, -0.05) is 38.5 Å². The standard InChI is InChI=1S/C31H42N2O10/c1-5-38-27(34)21-23(29(36)40-7-3)31(42-25(21)32-19-15-11-9-12-16-19)24(30(37)41-8-4)22(28(35)39-6-2)26(43-31)33-20-17-13-10-14-18-20/h19-20H,5-18H2,1-4H3. The molecule has 0 aromatic heterocycles. The monoisotopic (exact) mass is 602 g/mol. The van der Waals surface area contributed by atoms with E-state index in [2.05, 4.69) is 0 Å². The minimum Gasteiger partial charge on any atom is -0.462 e. The van der Waals surface area contributed by atoms with Crippen LogP contribution in [0.15, 0.2) is 32.3 Å². The second-order valence-electron chi connectivity index (χ2n) is 10.7. The molecule has 0 radical (unpaired) electrons. The third-order valence-electron chi connectivity index (χ3n) is 7.73. The molecule has 0 unspecified atom stereocenters. The summed E-state index contributed by atoms with van der Waals surface area (Å²) in [5, 5.41) is 0. The normalized spacial score (nSPS) is 24.7. The summed E-state index contributed by atoms with van der Waals surface area (Å²) in [5.41, 5.74) is -1.56. The molecule has 12 heteroatoms. The van der Waals surface area contributed by atoms with Crippen molar-refractivity contribution in [1.82, 2.24) is 0 Å². The Morgan fingerprint density at radius 2 is 0.907 bits per heavy atom. The molecule has 2 aliphatic carbocycles. The van der Waals surface area contributed by atoms with Crippen LogP contribution in [0.25, 0.3) is 0 Å². The maximum absolute atomic E-state index is 13.8. The number of carbonyl (C=O) groups excluding carboxylic acids is 4. The lowest BCUT2D eigenvalue weighted by molar-refractivity contribution is -0.150. The van der Waals surface area contributed by atoms with E-state index in [9.17, 15) is 19.2 Å². The van der Waals surface area contributed by atoms with Crippen LogP contribution in [0, 0.1) is 0 Å². The fraction of sp³-hybridized carbons (Fsp3) is 0.677. The first-order chi connectivity index (χ1) is 20.8. The highest BCUT2D eigenvalue weighted by Crippen LogP contribution is 2.48. The number of ether oxygens (including phenoxy) is 6. The number of rotatable bonds is 10. The highest BCUT2D eigenvalue weighted by molar-refractivity contribution is 6.29. The second kappa shape index (κ2) is 14.7. The van der Waals surface area contributed by atoms with Crippen molar-refractivity contribution < 1.29 is 47.6 Å². The van der Waals surface area contributed by atoms with Gasteiger partial charge in [0.1, 0.15) is 22.3 Å². The van der Waals surface area contributed by atoms with E-state index in [1.807, 2.05) is 0 Å². The third-order valence-corrected chi connectivity index (χ3v) is 7.73. The van der Waals surface area contributed by atoms with Crippen LogP contribution in [0.4, 0.5) is 0 Å². The molecule has 43 heavy (non-hydrogen) atoms. The van der Waals surface area contributed by atoms with Crippen molar-refractivity contribution >= 4 is 35.7 Å². The van der Waals surface area contributed by atoms with Gasteiger partial charge in [0.15, 0.2) is 0 Å². The van der Waals surface area contributed by atoms with Crippen molar-refractivity contribution in [2.75, 3.05) is 26.4 Å². The molecule has 2 heterocycles. The van der Waals surface area contributed by atoms with Gasteiger partial charge in [-0.3, -0.25) is 0 Å². The third kappa shape index (κ3) is 6.78. The Hall–Kier alpha value is -3.70. The Morgan fingerprint density at radius 1 is 0.581 bits per heavy atom. The van der Waals surface area contributed by atoms with Gasteiger partial charge in [0.05, 0.1) is 38.5 Å². The van der Waals surface area contributed by atoms with E-state index < -0.39 is 40.8 Å². The zero-order valence-electron chi connectivity index (χ0n) is 25.5. The fourth-order valence-corrected chi connectivity index (χ4v) is 5.87. The van der Waals surface area contributed by atoms with E-state index in [0.717, 1.165) is 64.2 Å². The van der Waals surface area contributed by atoms with Crippen LogP contribution in [-0.4, -0.2) is 80.0 Å². The Labute approximate surface area is 251 Å².